The van der Waals surface area contributed by atoms with Crippen LogP contribution in [-0.4, -0.2) is 33.0 Å². The molecule has 2 aromatic carbocycles. The highest BCUT2D eigenvalue weighted by molar-refractivity contribution is 7.89. The van der Waals surface area contributed by atoms with Crippen LogP contribution in [0.15, 0.2) is 62.6 Å². The maximum atomic E-state index is 13.2. The smallest absolute Gasteiger partial charge is 0.336 e. The predicted octanol–water partition coefficient (Wildman–Crippen LogP) is 3.41. The maximum absolute atomic E-state index is 13.2. The van der Waals surface area contributed by atoms with Crippen molar-refractivity contribution in [2.45, 2.75) is 25.3 Å². The molecule has 0 aliphatic carbocycles. The van der Waals surface area contributed by atoms with Gasteiger partial charge in [0.25, 0.3) is 0 Å². The molecule has 29 heavy (non-hydrogen) atoms. The van der Waals surface area contributed by atoms with E-state index in [9.17, 15) is 13.2 Å². The molecule has 8 heteroatoms. The second-order valence-electron chi connectivity index (χ2n) is 6.30. The molecule has 0 radical (unpaired) electrons. The van der Waals surface area contributed by atoms with Gasteiger partial charge in [-0.05, 0) is 48.9 Å². The zero-order valence-electron chi connectivity index (χ0n) is 16.5. The first kappa shape index (κ1) is 20.9. The second kappa shape index (κ2) is 8.67. The fourth-order valence-corrected chi connectivity index (χ4v) is 4.49. The molecule has 0 fully saturated rings. The lowest BCUT2D eigenvalue weighted by Crippen LogP contribution is -2.30. The fraction of sp³-hybridized carbons (Fsp3) is 0.286. The van der Waals surface area contributed by atoms with Crippen molar-refractivity contribution < 1.29 is 22.3 Å². The van der Waals surface area contributed by atoms with Gasteiger partial charge >= 0.3 is 5.63 Å². The molecule has 0 saturated heterocycles. The molecular formula is C21H23NO6S. The van der Waals surface area contributed by atoms with E-state index < -0.39 is 15.6 Å². The van der Waals surface area contributed by atoms with Gasteiger partial charge in [-0.1, -0.05) is 13.0 Å². The summed E-state index contributed by atoms with van der Waals surface area (Å²) in [5.74, 6) is 1.17. The predicted molar refractivity (Wildman–Crippen MR) is 110 cm³/mol. The lowest BCUT2D eigenvalue weighted by molar-refractivity contribution is 0.310. The zero-order chi connectivity index (χ0) is 21.0. The van der Waals surface area contributed by atoms with Gasteiger partial charge in [0.15, 0.2) is 11.5 Å². The van der Waals surface area contributed by atoms with Crippen molar-refractivity contribution in [3.05, 3.63) is 64.5 Å². The maximum Gasteiger partial charge on any atom is 0.336 e. The Hall–Kier alpha value is -2.84. The number of ether oxygens (including phenoxy) is 2. The van der Waals surface area contributed by atoms with Crippen molar-refractivity contribution in [2.75, 3.05) is 20.3 Å². The normalized spacial score (nSPS) is 11.7. The fourth-order valence-electron chi connectivity index (χ4n) is 3.01. The van der Waals surface area contributed by atoms with Crippen LogP contribution in [0.3, 0.4) is 0 Å². The highest BCUT2D eigenvalue weighted by Gasteiger charge is 2.24. The average Bonchev–Trinajstić information content (AvgIpc) is 2.72. The van der Waals surface area contributed by atoms with Gasteiger partial charge < -0.3 is 13.9 Å². The van der Waals surface area contributed by atoms with E-state index >= 15 is 0 Å². The van der Waals surface area contributed by atoms with E-state index in [2.05, 4.69) is 0 Å². The second-order valence-corrected chi connectivity index (χ2v) is 8.24. The Bertz CT molecular complexity index is 1170. The molecule has 3 aromatic rings. The molecule has 0 amide bonds. The third kappa shape index (κ3) is 4.44. The molecule has 0 unspecified atom stereocenters. The van der Waals surface area contributed by atoms with E-state index in [0.717, 1.165) is 5.56 Å². The summed E-state index contributed by atoms with van der Waals surface area (Å²) in [7, 11) is -2.20. The summed E-state index contributed by atoms with van der Waals surface area (Å²) in [5, 5.41) is 0.546. The van der Waals surface area contributed by atoms with Gasteiger partial charge in [0.1, 0.15) is 5.58 Å². The Kier molecular flexibility index (Phi) is 6.24. The van der Waals surface area contributed by atoms with Gasteiger partial charge in [-0.3, -0.25) is 0 Å². The minimum Gasteiger partial charge on any atom is -0.493 e. The van der Waals surface area contributed by atoms with Crippen LogP contribution < -0.4 is 15.1 Å². The molecule has 1 aromatic heterocycles. The largest absolute Gasteiger partial charge is 0.493 e. The van der Waals surface area contributed by atoms with E-state index in [1.54, 1.807) is 32.2 Å². The Morgan fingerprint density at radius 1 is 1.00 bits per heavy atom. The third-order valence-corrected chi connectivity index (χ3v) is 6.38. The van der Waals surface area contributed by atoms with E-state index in [-0.39, 0.29) is 11.4 Å². The average molecular weight is 417 g/mol. The van der Waals surface area contributed by atoms with Crippen LogP contribution in [0.1, 0.15) is 19.4 Å². The van der Waals surface area contributed by atoms with Crippen LogP contribution in [0, 0.1) is 0 Å². The molecule has 7 nitrogen and oxygen atoms in total. The molecule has 0 N–H and O–H groups in total. The van der Waals surface area contributed by atoms with E-state index in [0.29, 0.717) is 35.6 Å². The highest BCUT2D eigenvalue weighted by atomic mass is 32.2. The zero-order valence-corrected chi connectivity index (χ0v) is 17.4. The molecular weight excluding hydrogens is 394 g/mol. The van der Waals surface area contributed by atoms with Crippen LogP contribution in [0.25, 0.3) is 11.0 Å². The van der Waals surface area contributed by atoms with Crippen molar-refractivity contribution in [3.63, 3.8) is 0 Å². The van der Waals surface area contributed by atoms with Crippen molar-refractivity contribution in [1.29, 1.82) is 0 Å². The van der Waals surface area contributed by atoms with Crippen LogP contribution in [0.4, 0.5) is 0 Å². The minimum atomic E-state index is -3.75. The standard InChI is InChI=1S/C21H23NO6S/c1-4-22(14-15-6-9-19(27-5-2)20(12-15)26-3)29(24,25)17-8-10-18-16(13-17)7-11-21(23)28-18/h6-13H,4-5,14H2,1-3H3. The Morgan fingerprint density at radius 3 is 2.48 bits per heavy atom. The lowest BCUT2D eigenvalue weighted by atomic mass is 10.2. The first-order chi connectivity index (χ1) is 13.9. The number of fused-ring (bicyclic) bond motifs is 1. The molecule has 0 atom stereocenters. The van der Waals surface area contributed by atoms with Gasteiger partial charge in [-0.2, -0.15) is 4.31 Å². The van der Waals surface area contributed by atoms with E-state index in [1.807, 2.05) is 13.0 Å². The quantitative estimate of drug-likeness (QED) is 0.522. The number of methoxy groups -OCH3 is 1. The number of rotatable bonds is 8. The van der Waals surface area contributed by atoms with Crippen molar-refractivity contribution in [1.82, 2.24) is 4.31 Å². The number of benzene rings is 2. The number of hydrogen-bond donors (Lipinski definition) is 0. The SMILES string of the molecule is CCOc1ccc(CN(CC)S(=O)(=O)c2ccc3oc(=O)ccc3c2)cc1OC. The Labute approximate surface area is 169 Å². The van der Waals surface area contributed by atoms with Gasteiger partial charge in [0.05, 0.1) is 18.6 Å². The molecule has 1 heterocycles. The molecule has 0 bridgehead atoms. The van der Waals surface area contributed by atoms with Gasteiger partial charge in [-0.15, -0.1) is 0 Å². The van der Waals surface area contributed by atoms with Crippen molar-refractivity contribution in [3.8, 4) is 11.5 Å². The topological polar surface area (TPSA) is 86.0 Å². The summed E-state index contributed by atoms with van der Waals surface area (Å²) in [6, 6.07) is 12.6. The first-order valence-electron chi connectivity index (χ1n) is 9.22. The molecule has 0 aliphatic rings. The van der Waals surface area contributed by atoms with E-state index in [4.69, 9.17) is 13.9 Å². The minimum absolute atomic E-state index is 0.138. The van der Waals surface area contributed by atoms with Crippen LogP contribution in [-0.2, 0) is 16.6 Å². The van der Waals surface area contributed by atoms with Gasteiger partial charge in [-0.25, -0.2) is 13.2 Å². The molecule has 0 saturated carbocycles. The monoisotopic (exact) mass is 417 g/mol. The molecule has 3 rings (SSSR count). The number of hydrogen-bond acceptors (Lipinski definition) is 6. The molecule has 154 valence electrons. The molecule has 0 aliphatic heterocycles. The summed E-state index contributed by atoms with van der Waals surface area (Å²) >= 11 is 0. The third-order valence-electron chi connectivity index (χ3n) is 4.47. The summed E-state index contributed by atoms with van der Waals surface area (Å²) in [6.45, 7) is 4.65. The van der Waals surface area contributed by atoms with Gasteiger partial charge in [0.2, 0.25) is 10.0 Å². The van der Waals surface area contributed by atoms with Crippen LogP contribution in [0.2, 0.25) is 0 Å². The summed E-state index contributed by atoms with van der Waals surface area (Å²) in [4.78, 5) is 11.5. The summed E-state index contributed by atoms with van der Waals surface area (Å²) in [5.41, 5.74) is 0.644. The van der Waals surface area contributed by atoms with Gasteiger partial charge in [0, 0.05) is 24.5 Å². The first-order valence-corrected chi connectivity index (χ1v) is 10.7. The summed E-state index contributed by atoms with van der Waals surface area (Å²) < 4.78 is 43.7. The number of sulfonamides is 1. The van der Waals surface area contributed by atoms with Crippen molar-refractivity contribution in [2.24, 2.45) is 0 Å². The molecule has 0 spiro atoms. The van der Waals surface area contributed by atoms with Crippen LogP contribution in [0.5, 0.6) is 11.5 Å². The lowest BCUT2D eigenvalue weighted by Gasteiger charge is -2.21. The Morgan fingerprint density at radius 2 is 1.79 bits per heavy atom. The van der Waals surface area contributed by atoms with E-state index in [1.165, 1.54) is 28.6 Å². The van der Waals surface area contributed by atoms with Crippen LogP contribution >= 0.6 is 0 Å². The highest BCUT2D eigenvalue weighted by Crippen LogP contribution is 2.29. The Balaban J connectivity index is 1.92. The van der Waals surface area contributed by atoms with Crippen molar-refractivity contribution >= 4 is 21.0 Å². The summed E-state index contributed by atoms with van der Waals surface area (Å²) in [6.07, 6.45) is 0. The number of nitrogens with zero attached hydrogens (tertiary/aromatic N) is 1.